The lowest BCUT2D eigenvalue weighted by Crippen LogP contribution is -2.42. The van der Waals surface area contributed by atoms with E-state index in [4.69, 9.17) is 0 Å². The van der Waals surface area contributed by atoms with Gasteiger partial charge in [0, 0.05) is 37.9 Å². The monoisotopic (exact) mass is 421 g/mol. The van der Waals surface area contributed by atoms with E-state index in [-0.39, 0.29) is 18.4 Å². The SMILES string of the molecule is O=C(C1CCN(c2cnccc2-n2cc(Br)cn2)CC1)N1CCC(F)C1. The summed E-state index contributed by atoms with van der Waals surface area (Å²) >= 11 is 3.43. The van der Waals surface area contributed by atoms with Crippen LogP contribution in [0.2, 0.25) is 0 Å². The Morgan fingerprint density at radius 3 is 2.62 bits per heavy atom. The second kappa shape index (κ2) is 7.34. The van der Waals surface area contributed by atoms with Crippen LogP contribution in [0.15, 0.2) is 35.3 Å². The quantitative estimate of drug-likeness (QED) is 0.764. The van der Waals surface area contributed by atoms with E-state index < -0.39 is 6.17 Å². The molecule has 1 atom stereocenters. The predicted octanol–water partition coefficient (Wildman–Crippen LogP) is 2.82. The molecule has 2 aromatic heterocycles. The van der Waals surface area contributed by atoms with Crippen molar-refractivity contribution in [1.29, 1.82) is 0 Å². The number of piperidine rings is 1. The van der Waals surface area contributed by atoms with Gasteiger partial charge in [-0.2, -0.15) is 5.10 Å². The van der Waals surface area contributed by atoms with Crippen LogP contribution in [0.1, 0.15) is 19.3 Å². The predicted molar refractivity (Wildman–Crippen MR) is 100 cm³/mol. The molecule has 4 heterocycles. The summed E-state index contributed by atoms with van der Waals surface area (Å²) in [5, 5.41) is 4.36. The number of amides is 1. The van der Waals surface area contributed by atoms with Crippen LogP contribution >= 0.6 is 15.9 Å². The highest BCUT2D eigenvalue weighted by molar-refractivity contribution is 9.10. The van der Waals surface area contributed by atoms with Crippen molar-refractivity contribution in [2.45, 2.75) is 25.4 Å². The Morgan fingerprint density at radius 2 is 1.96 bits per heavy atom. The minimum Gasteiger partial charge on any atom is -0.368 e. The van der Waals surface area contributed by atoms with E-state index in [1.807, 2.05) is 23.1 Å². The Labute approximate surface area is 160 Å². The minimum atomic E-state index is -0.856. The first-order chi connectivity index (χ1) is 12.6. The third-order valence-electron chi connectivity index (χ3n) is 5.20. The summed E-state index contributed by atoms with van der Waals surface area (Å²) < 4.78 is 16.1. The van der Waals surface area contributed by atoms with E-state index in [9.17, 15) is 9.18 Å². The molecule has 2 aromatic rings. The number of nitrogens with zero attached hydrogens (tertiary/aromatic N) is 5. The second-order valence-electron chi connectivity index (χ2n) is 6.90. The number of alkyl halides is 1. The molecule has 4 rings (SSSR count). The Kier molecular flexibility index (Phi) is 4.93. The number of hydrogen-bond acceptors (Lipinski definition) is 4. The number of aromatic nitrogens is 3. The number of likely N-dealkylation sites (tertiary alicyclic amines) is 1. The average Bonchev–Trinajstić information content (AvgIpc) is 3.30. The van der Waals surface area contributed by atoms with Gasteiger partial charge in [-0.15, -0.1) is 0 Å². The van der Waals surface area contributed by atoms with Crippen LogP contribution in [-0.2, 0) is 4.79 Å². The highest BCUT2D eigenvalue weighted by Gasteiger charge is 2.33. The first-order valence-corrected chi connectivity index (χ1v) is 9.73. The van der Waals surface area contributed by atoms with Gasteiger partial charge in [-0.05, 0) is 41.3 Å². The zero-order valence-electron chi connectivity index (χ0n) is 14.4. The highest BCUT2D eigenvalue weighted by atomic mass is 79.9. The Hall–Kier alpha value is -1.96. The van der Waals surface area contributed by atoms with Crippen molar-refractivity contribution in [3.05, 3.63) is 35.3 Å². The molecule has 0 aromatic carbocycles. The Morgan fingerprint density at radius 1 is 1.15 bits per heavy atom. The van der Waals surface area contributed by atoms with E-state index >= 15 is 0 Å². The topological polar surface area (TPSA) is 54.3 Å². The van der Waals surface area contributed by atoms with Gasteiger partial charge in [-0.1, -0.05) is 0 Å². The van der Waals surface area contributed by atoms with Crippen LogP contribution in [-0.4, -0.2) is 57.9 Å². The van der Waals surface area contributed by atoms with Crippen molar-refractivity contribution in [1.82, 2.24) is 19.7 Å². The molecule has 138 valence electrons. The average molecular weight is 422 g/mol. The third-order valence-corrected chi connectivity index (χ3v) is 5.61. The number of rotatable bonds is 3. The molecule has 1 unspecified atom stereocenters. The van der Waals surface area contributed by atoms with Gasteiger partial charge in [0.25, 0.3) is 0 Å². The number of hydrogen-bond donors (Lipinski definition) is 0. The molecule has 2 aliphatic rings. The second-order valence-corrected chi connectivity index (χ2v) is 7.81. The molecule has 0 bridgehead atoms. The van der Waals surface area contributed by atoms with Gasteiger partial charge in [0.2, 0.25) is 5.91 Å². The Bertz CT molecular complexity index is 789. The van der Waals surface area contributed by atoms with E-state index in [1.165, 1.54) is 0 Å². The maximum absolute atomic E-state index is 13.4. The molecule has 8 heteroatoms. The fraction of sp³-hybridized carbons (Fsp3) is 0.500. The van der Waals surface area contributed by atoms with E-state index in [0.29, 0.717) is 13.0 Å². The molecule has 2 fully saturated rings. The highest BCUT2D eigenvalue weighted by Crippen LogP contribution is 2.29. The Balaban J connectivity index is 1.45. The summed E-state index contributed by atoms with van der Waals surface area (Å²) in [7, 11) is 0. The molecule has 0 aliphatic carbocycles. The summed E-state index contributed by atoms with van der Waals surface area (Å²) in [5.41, 5.74) is 1.98. The van der Waals surface area contributed by atoms with Crippen LogP contribution in [0.4, 0.5) is 10.1 Å². The van der Waals surface area contributed by atoms with Crippen LogP contribution in [0.25, 0.3) is 5.69 Å². The molecule has 26 heavy (non-hydrogen) atoms. The molecule has 0 N–H and O–H groups in total. The first-order valence-electron chi connectivity index (χ1n) is 8.94. The largest absolute Gasteiger partial charge is 0.368 e. The van der Waals surface area contributed by atoms with Crippen molar-refractivity contribution in [3.63, 3.8) is 0 Å². The van der Waals surface area contributed by atoms with Crippen LogP contribution in [0, 0.1) is 5.92 Å². The molecule has 0 spiro atoms. The maximum atomic E-state index is 13.4. The van der Waals surface area contributed by atoms with Gasteiger partial charge >= 0.3 is 0 Å². The number of anilines is 1. The molecule has 6 nitrogen and oxygen atoms in total. The maximum Gasteiger partial charge on any atom is 0.225 e. The number of carbonyl (C=O) groups excluding carboxylic acids is 1. The molecule has 2 aliphatic heterocycles. The summed E-state index contributed by atoms with van der Waals surface area (Å²) in [4.78, 5) is 20.8. The molecular formula is C18H21BrFN5O. The first kappa shape index (κ1) is 17.5. The number of carbonyl (C=O) groups is 1. The molecule has 2 saturated heterocycles. The lowest BCUT2D eigenvalue weighted by Gasteiger charge is -2.35. The van der Waals surface area contributed by atoms with Gasteiger partial charge in [-0.3, -0.25) is 9.78 Å². The normalized spacial score (nSPS) is 21.4. The van der Waals surface area contributed by atoms with E-state index in [2.05, 4.69) is 30.9 Å². The van der Waals surface area contributed by atoms with Crippen molar-refractivity contribution < 1.29 is 9.18 Å². The molecule has 0 radical (unpaired) electrons. The van der Waals surface area contributed by atoms with Crippen molar-refractivity contribution >= 4 is 27.5 Å². The smallest absolute Gasteiger partial charge is 0.225 e. The van der Waals surface area contributed by atoms with Crippen molar-refractivity contribution in [2.24, 2.45) is 5.92 Å². The molecule has 0 saturated carbocycles. The zero-order chi connectivity index (χ0) is 18.1. The fourth-order valence-electron chi connectivity index (χ4n) is 3.79. The van der Waals surface area contributed by atoms with Crippen LogP contribution in [0.5, 0.6) is 0 Å². The van der Waals surface area contributed by atoms with Crippen LogP contribution in [0.3, 0.4) is 0 Å². The number of halogens is 2. The van der Waals surface area contributed by atoms with Gasteiger partial charge in [0.15, 0.2) is 0 Å². The van der Waals surface area contributed by atoms with E-state index in [0.717, 1.165) is 41.8 Å². The number of pyridine rings is 1. The van der Waals surface area contributed by atoms with Crippen LogP contribution < -0.4 is 4.90 Å². The minimum absolute atomic E-state index is 0.00415. The molecule has 1 amide bonds. The molecular weight excluding hydrogens is 401 g/mol. The van der Waals surface area contributed by atoms with Crippen molar-refractivity contribution in [3.8, 4) is 5.69 Å². The van der Waals surface area contributed by atoms with E-state index in [1.54, 1.807) is 17.3 Å². The third kappa shape index (κ3) is 3.47. The van der Waals surface area contributed by atoms with Gasteiger partial charge < -0.3 is 9.80 Å². The standard InChI is InChI=1S/C18H21BrFN5O/c19-14-9-22-25(11-14)16-1-5-21-10-17(16)23-6-2-13(3-7-23)18(26)24-8-4-15(20)12-24/h1,5,9-11,13,15H,2-4,6-8,12H2. The zero-order valence-corrected chi connectivity index (χ0v) is 16.0. The summed E-state index contributed by atoms with van der Waals surface area (Å²) in [6.07, 6.45) is 8.45. The van der Waals surface area contributed by atoms with Gasteiger partial charge in [-0.25, -0.2) is 9.07 Å². The van der Waals surface area contributed by atoms with Gasteiger partial charge in [0.1, 0.15) is 6.17 Å². The summed E-state index contributed by atoms with van der Waals surface area (Å²) in [5.74, 6) is 0.114. The van der Waals surface area contributed by atoms with Gasteiger partial charge in [0.05, 0.1) is 34.8 Å². The summed E-state index contributed by atoms with van der Waals surface area (Å²) in [6.45, 7) is 2.38. The lowest BCUT2D eigenvalue weighted by atomic mass is 9.95. The lowest BCUT2D eigenvalue weighted by molar-refractivity contribution is -0.135. The van der Waals surface area contributed by atoms with Crippen molar-refractivity contribution in [2.75, 3.05) is 31.1 Å². The fourth-order valence-corrected chi connectivity index (χ4v) is 4.08. The summed E-state index contributed by atoms with van der Waals surface area (Å²) in [6, 6.07) is 1.94.